The molecule has 0 fully saturated rings. The minimum Gasteiger partial charge on any atom is -0.352 e. The van der Waals surface area contributed by atoms with Crippen LogP contribution in [0.25, 0.3) is 0 Å². The number of rotatable bonds is 10. The van der Waals surface area contributed by atoms with Gasteiger partial charge in [-0.05, 0) is 57.5 Å². The van der Waals surface area contributed by atoms with Gasteiger partial charge in [-0.25, -0.2) is 8.42 Å². The van der Waals surface area contributed by atoms with E-state index in [1.807, 2.05) is 51.1 Å². The average molecular weight is 508 g/mol. The van der Waals surface area contributed by atoms with Crippen LogP contribution in [-0.4, -0.2) is 43.8 Å². The van der Waals surface area contributed by atoms with E-state index in [1.165, 1.54) is 17.0 Å². The maximum absolute atomic E-state index is 13.7. The standard InChI is InChI=1S/C28H33N3O4S/c1-21(2)29-28(33)23(4)30(19-24-11-7-5-8-12-24)27(32)20-31(25-13-9-6-10-14-25)36(34,35)26-17-15-22(3)16-18-26/h5-18,21,23H,19-20H2,1-4H3,(H,29,33). The molecule has 3 aromatic carbocycles. The Labute approximate surface area is 213 Å². The van der Waals surface area contributed by atoms with E-state index in [9.17, 15) is 18.0 Å². The molecule has 0 aromatic heterocycles. The van der Waals surface area contributed by atoms with Gasteiger partial charge in [0.25, 0.3) is 10.0 Å². The largest absolute Gasteiger partial charge is 0.352 e. The third-order valence-corrected chi connectivity index (χ3v) is 7.51. The molecule has 0 saturated carbocycles. The third kappa shape index (κ3) is 6.73. The highest BCUT2D eigenvalue weighted by Gasteiger charge is 2.32. The van der Waals surface area contributed by atoms with Crippen molar-refractivity contribution in [2.75, 3.05) is 10.8 Å². The second-order valence-corrected chi connectivity index (χ2v) is 10.9. The number of carbonyl (C=O) groups excluding carboxylic acids is 2. The zero-order chi connectivity index (χ0) is 26.3. The van der Waals surface area contributed by atoms with Crippen LogP contribution < -0.4 is 9.62 Å². The van der Waals surface area contributed by atoms with E-state index < -0.39 is 28.5 Å². The van der Waals surface area contributed by atoms with Crippen molar-refractivity contribution >= 4 is 27.5 Å². The summed E-state index contributed by atoms with van der Waals surface area (Å²) >= 11 is 0. The summed E-state index contributed by atoms with van der Waals surface area (Å²) in [4.78, 5) is 28.1. The summed E-state index contributed by atoms with van der Waals surface area (Å²) in [5.74, 6) is -0.785. The maximum atomic E-state index is 13.7. The van der Waals surface area contributed by atoms with E-state index in [-0.39, 0.29) is 23.4 Å². The molecular formula is C28H33N3O4S. The lowest BCUT2D eigenvalue weighted by molar-refractivity contribution is -0.139. The summed E-state index contributed by atoms with van der Waals surface area (Å²) in [5.41, 5.74) is 2.13. The number of nitrogens with zero attached hydrogens (tertiary/aromatic N) is 2. The van der Waals surface area contributed by atoms with Gasteiger partial charge >= 0.3 is 0 Å². The number of sulfonamides is 1. The molecule has 0 aliphatic carbocycles. The molecule has 1 atom stereocenters. The highest BCUT2D eigenvalue weighted by molar-refractivity contribution is 7.92. The summed E-state index contributed by atoms with van der Waals surface area (Å²) in [6.45, 7) is 6.93. The summed E-state index contributed by atoms with van der Waals surface area (Å²) in [7, 11) is -4.05. The highest BCUT2D eigenvalue weighted by Crippen LogP contribution is 2.24. The Morgan fingerprint density at radius 1 is 0.833 bits per heavy atom. The minimum atomic E-state index is -4.05. The lowest BCUT2D eigenvalue weighted by atomic mass is 10.1. The lowest BCUT2D eigenvalue weighted by Crippen LogP contribution is -2.52. The number of benzene rings is 3. The van der Waals surface area contributed by atoms with Gasteiger partial charge in [0.1, 0.15) is 12.6 Å². The first-order valence-electron chi connectivity index (χ1n) is 11.9. The second kappa shape index (κ2) is 11.9. The molecule has 0 heterocycles. The maximum Gasteiger partial charge on any atom is 0.264 e. The number of carbonyl (C=O) groups is 2. The van der Waals surface area contributed by atoms with Gasteiger partial charge in [0.05, 0.1) is 10.6 Å². The van der Waals surface area contributed by atoms with E-state index in [1.54, 1.807) is 49.4 Å². The Morgan fingerprint density at radius 3 is 1.94 bits per heavy atom. The second-order valence-electron chi connectivity index (χ2n) is 9.01. The Kier molecular flexibility index (Phi) is 8.88. The molecule has 0 bridgehead atoms. The van der Waals surface area contributed by atoms with Gasteiger partial charge in [0.15, 0.2) is 0 Å². The molecule has 190 valence electrons. The number of anilines is 1. The first-order chi connectivity index (χ1) is 17.1. The molecule has 8 heteroatoms. The van der Waals surface area contributed by atoms with Gasteiger partial charge in [-0.2, -0.15) is 0 Å². The van der Waals surface area contributed by atoms with Crippen molar-refractivity contribution in [3.63, 3.8) is 0 Å². The van der Waals surface area contributed by atoms with Gasteiger partial charge < -0.3 is 10.2 Å². The monoisotopic (exact) mass is 507 g/mol. The summed E-state index contributed by atoms with van der Waals surface area (Å²) in [5, 5.41) is 2.85. The van der Waals surface area contributed by atoms with Crippen molar-refractivity contribution in [3.8, 4) is 0 Å². The number of nitrogens with one attached hydrogen (secondary N) is 1. The average Bonchev–Trinajstić information content (AvgIpc) is 2.86. The van der Waals surface area contributed by atoms with E-state index in [2.05, 4.69) is 5.32 Å². The molecule has 0 aliphatic heterocycles. The van der Waals surface area contributed by atoms with Crippen LogP contribution in [0.3, 0.4) is 0 Å². The zero-order valence-electron chi connectivity index (χ0n) is 21.1. The number of para-hydroxylation sites is 1. The van der Waals surface area contributed by atoms with Crippen LogP contribution in [-0.2, 0) is 26.2 Å². The summed E-state index contributed by atoms with van der Waals surface area (Å²) in [6, 6.07) is 23.4. The Bertz CT molecular complexity index is 1260. The van der Waals surface area contributed by atoms with E-state index >= 15 is 0 Å². The molecule has 0 saturated heterocycles. The van der Waals surface area contributed by atoms with Crippen molar-refractivity contribution < 1.29 is 18.0 Å². The van der Waals surface area contributed by atoms with Crippen LogP contribution in [0.5, 0.6) is 0 Å². The van der Waals surface area contributed by atoms with Crippen molar-refractivity contribution in [3.05, 3.63) is 96.1 Å². The normalized spacial score (nSPS) is 12.1. The molecule has 3 rings (SSSR count). The molecule has 7 nitrogen and oxygen atoms in total. The molecule has 0 spiro atoms. The van der Waals surface area contributed by atoms with E-state index in [0.29, 0.717) is 5.69 Å². The van der Waals surface area contributed by atoms with Crippen molar-refractivity contribution in [2.24, 2.45) is 0 Å². The molecule has 3 aromatic rings. The van der Waals surface area contributed by atoms with Crippen LogP contribution in [0.15, 0.2) is 89.8 Å². The predicted octanol–water partition coefficient (Wildman–Crippen LogP) is 4.13. The van der Waals surface area contributed by atoms with E-state index in [4.69, 9.17) is 0 Å². The first-order valence-corrected chi connectivity index (χ1v) is 13.3. The fourth-order valence-corrected chi connectivity index (χ4v) is 5.14. The molecular weight excluding hydrogens is 474 g/mol. The van der Waals surface area contributed by atoms with Gasteiger partial charge in [-0.15, -0.1) is 0 Å². The number of amides is 2. The molecule has 1 unspecified atom stereocenters. The van der Waals surface area contributed by atoms with Gasteiger partial charge in [0.2, 0.25) is 11.8 Å². The summed E-state index contributed by atoms with van der Waals surface area (Å²) in [6.07, 6.45) is 0. The van der Waals surface area contributed by atoms with Crippen molar-refractivity contribution in [2.45, 2.75) is 51.2 Å². The van der Waals surface area contributed by atoms with E-state index in [0.717, 1.165) is 15.4 Å². The van der Waals surface area contributed by atoms with Gasteiger partial charge in [-0.1, -0.05) is 66.2 Å². The van der Waals surface area contributed by atoms with Crippen LogP contribution in [0.4, 0.5) is 5.69 Å². The fraction of sp³-hybridized carbons (Fsp3) is 0.286. The first kappa shape index (κ1) is 26.9. The van der Waals surface area contributed by atoms with Crippen LogP contribution >= 0.6 is 0 Å². The zero-order valence-corrected chi connectivity index (χ0v) is 21.9. The Morgan fingerprint density at radius 2 is 1.39 bits per heavy atom. The Hall–Kier alpha value is -3.65. The lowest BCUT2D eigenvalue weighted by Gasteiger charge is -2.32. The van der Waals surface area contributed by atoms with Crippen LogP contribution in [0.2, 0.25) is 0 Å². The van der Waals surface area contributed by atoms with Crippen molar-refractivity contribution in [1.82, 2.24) is 10.2 Å². The van der Waals surface area contributed by atoms with Gasteiger partial charge in [0, 0.05) is 12.6 Å². The highest BCUT2D eigenvalue weighted by atomic mass is 32.2. The van der Waals surface area contributed by atoms with Crippen molar-refractivity contribution in [1.29, 1.82) is 0 Å². The quantitative estimate of drug-likeness (QED) is 0.447. The number of hydrogen-bond donors (Lipinski definition) is 1. The van der Waals surface area contributed by atoms with Crippen LogP contribution in [0.1, 0.15) is 31.9 Å². The predicted molar refractivity (Wildman–Crippen MR) is 142 cm³/mol. The molecule has 36 heavy (non-hydrogen) atoms. The smallest absolute Gasteiger partial charge is 0.264 e. The third-order valence-electron chi connectivity index (χ3n) is 5.73. The van der Waals surface area contributed by atoms with Crippen LogP contribution in [0, 0.1) is 6.92 Å². The minimum absolute atomic E-state index is 0.0879. The summed E-state index contributed by atoms with van der Waals surface area (Å²) < 4.78 is 28.5. The molecule has 1 N–H and O–H groups in total. The molecule has 0 radical (unpaired) electrons. The topological polar surface area (TPSA) is 86.8 Å². The van der Waals surface area contributed by atoms with Gasteiger partial charge in [-0.3, -0.25) is 13.9 Å². The number of hydrogen-bond acceptors (Lipinski definition) is 4. The molecule has 0 aliphatic rings. The molecule has 2 amide bonds. The fourth-order valence-electron chi connectivity index (χ4n) is 3.73. The number of aryl methyl sites for hydroxylation is 1. The Balaban J connectivity index is 1.99. The SMILES string of the molecule is Cc1ccc(S(=O)(=O)N(CC(=O)N(Cc2ccccc2)C(C)C(=O)NC(C)C)c2ccccc2)cc1.